The van der Waals surface area contributed by atoms with Crippen molar-refractivity contribution in [3.63, 3.8) is 0 Å². The van der Waals surface area contributed by atoms with Gasteiger partial charge in [0.15, 0.2) is 5.16 Å². The van der Waals surface area contributed by atoms with E-state index in [9.17, 15) is 4.79 Å². The van der Waals surface area contributed by atoms with Gasteiger partial charge in [-0.2, -0.15) is 0 Å². The molecule has 0 aliphatic heterocycles. The first kappa shape index (κ1) is 15.0. The average Bonchev–Trinajstić information content (AvgIpc) is 2.94. The van der Waals surface area contributed by atoms with Gasteiger partial charge in [-0.25, -0.2) is 4.98 Å². The number of hydrogen-bond acceptors (Lipinski definition) is 4. The molecule has 1 aliphatic rings. The first-order chi connectivity index (χ1) is 10.7. The molecule has 1 aliphatic carbocycles. The Labute approximate surface area is 133 Å². The summed E-state index contributed by atoms with van der Waals surface area (Å²) in [7, 11) is 0. The second kappa shape index (κ2) is 6.87. The molecule has 1 amide bonds. The minimum absolute atomic E-state index is 0.0513. The minimum Gasteiger partial charge on any atom is -0.333 e. The van der Waals surface area contributed by atoms with E-state index < -0.39 is 0 Å². The van der Waals surface area contributed by atoms with Crippen LogP contribution in [-0.2, 0) is 4.79 Å². The molecule has 0 unspecified atom stereocenters. The highest BCUT2D eigenvalue weighted by Gasteiger charge is 2.11. The fourth-order valence-corrected chi connectivity index (χ4v) is 3.23. The molecular formula is C16H20N4OS. The lowest BCUT2D eigenvalue weighted by molar-refractivity contribution is -0.119. The van der Waals surface area contributed by atoms with Crippen LogP contribution in [0.25, 0.3) is 11.0 Å². The summed E-state index contributed by atoms with van der Waals surface area (Å²) < 4.78 is 0. The van der Waals surface area contributed by atoms with Crippen molar-refractivity contribution in [2.45, 2.75) is 31.3 Å². The highest BCUT2D eigenvalue weighted by molar-refractivity contribution is 7.99. The zero-order chi connectivity index (χ0) is 15.4. The van der Waals surface area contributed by atoms with Crippen molar-refractivity contribution in [1.82, 2.24) is 20.8 Å². The van der Waals surface area contributed by atoms with Gasteiger partial charge < -0.3 is 10.4 Å². The molecule has 1 aromatic carbocycles. The molecule has 2 aromatic rings. The van der Waals surface area contributed by atoms with Crippen molar-refractivity contribution < 1.29 is 4.79 Å². The number of aromatic amines is 1. The number of allylic oxidation sites excluding steroid dienone is 2. The van der Waals surface area contributed by atoms with Gasteiger partial charge >= 0.3 is 0 Å². The second-order valence-corrected chi connectivity index (χ2v) is 6.55. The zero-order valence-electron chi connectivity index (χ0n) is 12.6. The molecule has 116 valence electrons. The molecule has 0 saturated heterocycles. The molecule has 1 aromatic heterocycles. The maximum atomic E-state index is 11.9. The van der Waals surface area contributed by atoms with Gasteiger partial charge in [-0.1, -0.05) is 36.9 Å². The number of amides is 1. The minimum atomic E-state index is -0.0513. The third-order valence-corrected chi connectivity index (χ3v) is 4.53. The van der Waals surface area contributed by atoms with Crippen LogP contribution in [-0.4, -0.2) is 21.6 Å². The summed E-state index contributed by atoms with van der Waals surface area (Å²) in [5, 5.41) is 0.766. The number of nitrogens with zero attached hydrogens (tertiary/aromatic N) is 1. The Kier molecular flexibility index (Phi) is 4.68. The molecule has 1 atom stereocenters. The monoisotopic (exact) mass is 316 g/mol. The number of hydrazine groups is 1. The number of thioether (sulfide) groups is 1. The number of fused-ring (bicyclic) bond motifs is 1. The van der Waals surface area contributed by atoms with Gasteiger partial charge in [-0.05, 0) is 37.3 Å². The van der Waals surface area contributed by atoms with E-state index in [1.165, 1.54) is 24.6 Å². The van der Waals surface area contributed by atoms with E-state index in [0.29, 0.717) is 11.7 Å². The average molecular weight is 316 g/mol. The van der Waals surface area contributed by atoms with Gasteiger partial charge in [-0.3, -0.25) is 10.2 Å². The maximum Gasteiger partial charge on any atom is 0.248 e. The number of carbonyl (C=O) groups excluding carboxylic acids is 1. The Balaban J connectivity index is 1.48. The smallest absolute Gasteiger partial charge is 0.248 e. The summed E-state index contributed by atoms with van der Waals surface area (Å²) in [5.41, 5.74) is 8.81. The molecule has 0 saturated carbocycles. The second-order valence-electron chi connectivity index (χ2n) is 5.58. The van der Waals surface area contributed by atoms with Crippen LogP contribution < -0.4 is 10.9 Å². The lowest BCUT2D eigenvalue weighted by Gasteiger charge is -2.19. The normalized spacial score (nSPS) is 18.0. The Hall–Kier alpha value is -1.95. The number of rotatable bonds is 5. The van der Waals surface area contributed by atoms with E-state index >= 15 is 0 Å². The molecule has 0 fully saturated rings. The number of nitrogens with one attached hydrogen (secondary N) is 3. The van der Waals surface area contributed by atoms with Gasteiger partial charge in [0.05, 0.1) is 16.8 Å². The van der Waals surface area contributed by atoms with Gasteiger partial charge in [0.25, 0.3) is 0 Å². The van der Waals surface area contributed by atoms with Gasteiger partial charge in [0, 0.05) is 5.70 Å². The third kappa shape index (κ3) is 3.82. The lowest BCUT2D eigenvalue weighted by atomic mass is 9.96. The van der Waals surface area contributed by atoms with Gasteiger partial charge in [0.1, 0.15) is 0 Å². The van der Waals surface area contributed by atoms with E-state index in [-0.39, 0.29) is 5.91 Å². The van der Waals surface area contributed by atoms with E-state index in [0.717, 1.165) is 28.3 Å². The number of imidazole rings is 1. The zero-order valence-corrected chi connectivity index (χ0v) is 13.4. The SMILES string of the molecule is C[C@@H]1C=C(NNC(=O)CSc2nc3ccccc3[nH]2)CCC1. The van der Waals surface area contributed by atoms with E-state index in [1.807, 2.05) is 24.3 Å². The molecule has 0 bridgehead atoms. The summed E-state index contributed by atoms with van der Waals surface area (Å²) in [4.78, 5) is 19.5. The Morgan fingerprint density at radius 3 is 3.14 bits per heavy atom. The molecule has 5 nitrogen and oxygen atoms in total. The molecule has 1 heterocycles. The number of para-hydroxylation sites is 2. The topological polar surface area (TPSA) is 69.8 Å². The standard InChI is InChI=1S/C16H20N4OS/c1-11-5-4-6-12(9-11)19-20-15(21)10-22-16-17-13-7-2-3-8-14(13)18-16/h2-3,7-9,11,19H,4-6,10H2,1H3,(H,17,18)(H,20,21)/t11-/m0/s1. The van der Waals surface area contributed by atoms with Crippen molar-refractivity contribution in [2.24, 2.45) is 5.92 Å². The van der Waals surface area contributed by atoms with Crippen molar-refractivity contribution in [3.05, 3.63) is 36.0 Å². The Morgan fingerprint density at radius 1 is 1.45 bits per heavy atom. The van der Waals surface area contributed by atoms with Crippen LogP contribution in [0.15, 0.2) is 41.2 Å². The highest BCUT2D eigenvalue weighted by atomic mass is 32.2. The first-order valence-electron chi connectivity index (χ1n) is 7.54. The first-order valence-corrected chi connectivity index (χ1v) is 8.52. The van der Waals surface area contributed by atoms with Crippen molar-refractivity contribution >= 4 is 28.7 Å². The molecule has 3 N–H and O–H groups in total. The van der Waals surface area contributed by atoms with Gasteiger partial charge in [-0.15, -0.1) is 0 Å². The number of H-pyrrole nitrogens is 1. The summed E-state index contributed by atoms with van der Waals surface area (Å²) >= 11 is 1.40. The van der Waals surface area contributed by atoms with Crippen LogP contribution in [0.3, 0.4) is 0 Å². The van der Waals surface area contributed by atoms with Crippen LogP contribution in [0, 0.1) is 5.92 Å². The van der Waals surface area contributed by atoms with Crippen LogP contribution in [0.4, 0.5) is 0 Å². The molecule has 22 heavy (non-hydrogen) atoms. The van der Waals surface area contributed by atoms with Crippen molar-refractivity contribution in [3.8, 4) is 0 Å². The predicted octanol–water partition coefficient (Wildman–Crippen LogP) is 2.98. The Bertz CT molecular complexity index is 661. The van der Waals surface area contributed by atoms with Crippen molar-refractivity contribution in [2.75, 3.05) is 5.75 Å². The fourth-order valence-electron chi connectivity index (χ4n) is 2.55. The molecule has 0 radical (unpaired) electrons. The highest BCUT2D eigenvalue weighted by Crippen LogP contribution is 2.20. The fraction of sp³-hybridized carbons (Fsp3) is 0.375. The number of hydrogen-bond donors (Lipinski definition) is 3. The van der Waals surface area contributed by atoms with Crippen LogP contribution in [0.2, 0.25) is 0 Å². The maximum absolute atomic E-state index is 11.9. The molecule has 6 heteroatoms. The lowest BCUT2D eigenvalue weighted by Crippen LogP contribution is -2.38. The summed E-state index contributed by atoms with van der Waals surface area (Å²) in [6, 6.07) is 7.84. The largest absolute Gasteiger partial charge is 0.333 e. The predicted molar refractivity (Wildman–Crippen MR) is 89.2 cm³/mol. The van der Waals surface area contributed by atoms with E-state index in [1.54, 1.807) is 0 Å². The van der Waals surface area contributed by atoms with Gasteiger partial charge in [0.2, 0.25) is 5.91 Å². The number of aromatic nitrogens is 2. The molecule has 3 rings (SSSR count). The molecule has 0 spiro atoms. The summed E-state index contributed by atoms with van der Waals surface area (Å²) in [5.74, 6) is 0.859. The summed E-state index contributed by atoms with van der Waals surface area (Å²) in [6.07, 6.45) is 5.59. The summed E-state index contributed by atoms with van der Waals surface area (Å²) in [6.45, 7) is 2.19. The van der Waals surface area contributed by atoms with Crippen LogP contribution >= 0.6 is 11.8 Å². The van der Waals surface area contributed by atoms with E-state index in [2.05, 4.69) is 33.8 Å². The van der Waals surface area contributed by atoms with E-state index in [4.69, 9.17) is 0 Å². The van der Waals surface area contributed by atoms with Crippen molar-refractivity contribution in [1.29, 1.82) is 0 Å². The molecular weight excluding hydrogens is 296 g/mol. The van der Waals surface area contributed by atoms with Crippen LogP contribution in [0.1, 0.15) is 26.2 Å². The Morgan fingerprint density at radius 2 is 2.32 bits per heavy atom. The quantitative estimate of drug-likeness (QED) is 0.586. The van der Waals surface area contributed by atoms with Crippen LogP contribution in [0.5, 0.6) is 0 Å². The number of benzene rings is 1. The third-order valence-electron chi connectivity index (χ3n) is 3.66. The number of carbonyl (C=O) groups is 1.